The molecule has 1 saturated carbocycles. The van der Waals surface area contributed by atoms with Crippen LogP contribution >= 0.6 is 0 Å². The van der Waals surface area contributed by atoms with Crippen LogP contribution in [-0.4, -0.2) is 12.6 Å². The minimum Gasteiger partial charge on any atom is -0.314 e. The smallest absolute Gasteiger partial charge is 0.00696 e. The number of nitrogens with one attached hydrogen (secondary N) is 1. The summed E-state index contributed by atoms with van der Waals surface area (Å²) < 4.78 is 0. The summed E-state index contributed by atoms with van der Waals surface area (Å²) in [4.78, 5) is 0. The first-order valence-electron chi connectivity index (χ1n) is 4.97. The van der Waals surface area contributed by atoms with Crippen LogP contribution in [0.1, 0.15) is 40.0 Å². The predicted molar refractivity (Wildman–Crippen MR) is 49.6 cm³/mol. The van der Waals surface area contributed by atoms with Gasteiger partial charge in [-0.1, -0.05) is 20.8 Å². The van der Waals surface area contributed by atoms with E-state index in [1.54, 1.807) is 0 Å². The molecule has 1 nitrogen and oxygen atoms in total. The van der Waals surface area contributed by atoms with Crippen molar-refractivity contribution in [3.05, 3.63) is 0 Å². The second kappa shape index (κ2) is 4.10. The molecule has 0 amide bonds. The van der Waals surface area contributed by atoms with E-state index in [2.05, 4.69) is 26.1 Å². The number of hydrogen-bond acceptors (Lipinski definition) is 1. The molecular formula is C10H21N. The summed E-state index contributed by atoms with van der Waals surface area (Å²) in [6.07, 6.45) is 4.19. The first-order chi connectivity index (χ1) is 5.24. The van der Waals surface area contributed by atoms with Crippen molar-refractivity contribution in [3.63, 3.8) is 0 Å². The van der Waals surface area contributed by atoms with Crippen LogP contribution in [0.4, 0.5) is 0 Å². The molecule has 66 valence electrons. The Balaban J connectivity index is 2.28. The maximum Gasteiger partial charge on any atom is 0.00696 e. The normalized spacial score (nSPS) is 39.0. The average Bonchev–Trinajstić information content (AvgIpc) is 1.98. The lowest BCUT2D eigenvalue weighted by molar-refractivity contribution is 0.228. The van der Waals surface area contributed by atoms with Gasteiger partial charge in [0.05, 0.1) is 0 Å². The van der Waals surface area contributed by atoms with Gasteiger partial charge in [0.1, 0.15) is 0 Å². The van der Waals surface area contributed by atoms with E-state index in [0.717, 1.165) is 24.4 Å². The Kier molecular flexibility index (Phi) is 3.38. The fraction of sp³-hybridized carbons (Fsp3) is 1.00. The minimum absolute atomic E-state index is 0.811. The Morgan fingerprint density at radius 1 is 1.18 bits per heavy atom. The zero-order valence-electron chi connectivity index (χ0n) is 8.06. The molecule has 1 fully saturated rings. The van der Waals surface area contributed by atoms with Gasteiger partial charge in [-0.3, -0.25) is 0 Å². The lowest BCUT2D eigenvalue weighted by Gasteiger charge is -2.32. The quantitative estimate of drug-likeness (QED) is 0.645. The van der Waals surface area contributed by atoms with Crippen LogP contribution < -0.4 is 5.32 Å². The second-order valence-corrected chi connectivity index (χ2v) is 4.02. The fourth-order valence-corrected chi connectivity index (χ4v) is 2.02. The van der Waals surface area contributed by atoms with Crippen molar-refractivity contribution in [2.45, 2.75) is 46.1 Å². The van der Waals surface area contributed by atoms with Crippen molar-refractivity contribution in [2.24, 2.45) is 11.8 Å². The molecule has 0 heterocycles. The summed E-state index contributed by atoms with van der Waals surface area (Å²) in [5.41, 5.74) is 0. The van der Waals surface area contributed by atoms with Gasteiger partial charge in [0, 0.05) is 6.04 Å². The summed E-state index contributed by atoms with van der Waals surface area (Å²) >= 11 is 0. The summed E-state index contributed by atoms with van der Waals surface area (Å²) in [6.45, 7) is 8.09. The number of hydrogen-bond donors (Lipinski definition) is 1. The zero-order chi connectivity index (χ0) is 8.27. The van der Waals surface area contributed by atoms with Gasteiger partial charge in [-0.2, -0.15) is 0 Å². The van der Waals surface area contributed by atoms with Crippen LogP contribution in [0.2, 0.25) is 0 Å². The summed E-state index contributed by atoms with van der Waals surface area (Å²) in [6, 6.07) is 0.811. The molecule has 0 aromatic carbocycles. The number of rotatable bonds is 2. The van der Waals surface area contributed by atoms with E-state index in [9.17, 15) is 0 Å². The molecule has 0 radical (unpaired) electrons. The van der Waals surface area contributed by atoms with Crippen molar-refractivity contribution in [2.75, 3.05) is 6.54 Å². The first-order valence-corrected chi connectivity index (χ1v) is 4.97. The van der Waals surface area contributed by atoms with Crippen molar-refractivity contribution < 1.29 is 0 Å². The molecule has 3 atom stereocenters. The molecule has 0 saturated heterocycles. The molecule has 0 aromatic heterocycles. The van der Waals surface area contributed by atoms with Gasteiger partial charge in [0.2, 0.25) is 0 Å². The van der Waals surface area contributed by atoms with Gasteiger partial charge in [-0.25, -0.2) is 0 Å². The fourth-order valence-electron chi connectivity index (χ4n) is 2.02. The first kappa shape index (κ1) is 9.05. The van der Waals surface area contributed by atoms with Crippen LogP contribution in [0, 0.1) is 11.8 Å². The predicted octanol–water partition coefficient (Wildman–Crippen LogP) is 2.42. The molecule has 11 heavy (non-hydrogen) atoms. The van der Waals surface area contributed by atoms with Crippen LogP contribution in [0.15, 0.2) is 0 Å². The van der Waals surface area contributed by atoms with Crippen LogP contribution in [-0.2, 0) is 0 Å². The SMILES string of the molecule is CCNC1CCC(C)C(C)C1. The molecule has 1 heteroatoms. The van der Waals surface area contributed by atoms with Gasteiger partial charge < -0.3 is 5.32 Å². The highest BCUT2D eigenvalue weighted by Crippen LogP contribution is 2.28. The molecule has 1 rings (SSSR count). The molecule has 3 unspecified atom stereocenters. The third-order valence-corrected chi connectivity index (χ3v) is 3.09. The Labute approximate surface area is 70.6 Å². The van der Waals surface area contributed by atoms with Gasteiger partial charge >= 0.3 is 0 Å². The Hall–Kier alpha value is -0.0400. The summed E-state index contributed by atoms with van der Waals surface area (Å²) in [7, 11) is 0. The van der Waals surface area contributed by atoms with Crippen molar-refractivity contribution in [1.29, 1.82) is 0 Å². The van der Waals surface area contributed by atoms with E-state index < -0.39 is 0 Å². The highest BCUT2D eigenvalue weighted by molar-refractivity contribution is 4.78. The average molecular weight is 155 g/mol. The molecule has 0 spiro atoms. The van der Waals surface area contributed by atoms with Crippen molar-refractivity contribution in [3.8, 4) is 0 Å². The molecule has 0 aromatic rings. The Morgan fingerprint density at radius 2 is 1.91 bits per heavy atom. The Bertz CT molecular complexity index is 111. The van der Waals surface area contributed by atoms with Gasteiger partial charge in [0.15, 0.2) is 0 Å². The van der Waals surface area contributed by atoms with Crippen LogP contribution in [0.25, 0.3) is 0 Å². The van der Waals surface area contributed by atoms with E-state index in [1.165, 1.54) is 19.3 Å². The molecule has 1 aliphatic carbocycles. The second-order valence-electron chi connectivity index (χ2n) is 4.02. The van der Waals surface area contributed by atoms with Gasteiger partial charge in [-0.05, 0) is 37.6 Å². The highest BCUT2D eigenvalue weighted by atomic mass is 14.9. The minimum atomic E-state index is 0.811. The largest absolute Gasteiger partial charge is 0.314 e. The summed E-state index contributed by atoms with van der Waals surface area (Å²) in [5.74, 6) is 1.87. The molecule has 1 aliphatic rings. The molecule has 0 bridgehead atoms. The maximum atomic E-state index is 3.54. The van der Waals surface area contributed by atoms with Gasteiger partial charge in [0.25, 0.3) is 0 Å². The maximum absolute atomic E-state index is 3.54. The molecular weight excluding hydrogens is 134 g/mol. The molecule has 1 N–H and O–H groups in total. The topological polar surface area (TPSA) is 12.0 Å². The monoisotopic (exact) mass is 155 g/mol. The molecule has 0 aliphatic heterocycles. The van der Waals surface area contributed by atoms with E-state index >= 15 is 0 Å². The van der Waals surface area contributed by atoms with E-state index in [4.69, 9.17) is 0 Å². The van der Waals surface area contributed by atoms with E-state index in [-0.39, 0.29) is 0 Å². The van der Waals surface area contributed by atoms with E-state index in [0.29, 0.717) is 0 Å². The zero-order valence-corrected chi connectivity index (χ0v) is 8.06. The highest BCUT2D eigenvalue weighted by Gasteiger charge is 2.23. The van der Waals surface area contributed by atoms with Crippen molar-refractivity contribution in [1.82, 2.24) is 5.32 Å². The van der Waals surface area contributed by atoms with E-state index in [1.807, 2.05) is 0 Å². The standard InChI is InChI=1S/C10H21N/c1-4-11-10-6-5-8(2)9(3)7-10/h8-11H,4-7H2,1-3H3. The van der Waals surface area contributed by atoms with Crippen LogP contribution in [0.5, 0.6) is 0 Å². The summed E-state index contributed by atoms with van der Waals surface area (Å²) in [5, 5.41) is 3.54. The third-order valence-electron chi connectivity index (χ3n) is 3.09. The lowest BCUT2D eigenvalue weighted by atomic mass is 9.79. The van der Waals surface area contributed by atoms with Crippen LogP contribution in [0.3, 0.4) is 0 Å². The van der Waals surface area contributed by atoms with Crippen molar-refractivity contribution >= 4 is 0 Å². The lowest BCUT2D eigenvalue weighted by Crippen LogP contribution is -2.35. The van der Waals surface area contributed by atoms with Gasteiger partial charge in [-0.15, -0.1) is 0 Å². The third kappa shape index (κ3) is 2.48. The Morgan fingerprint density at radius 3 is 2.45 bits per heavy atom.